The van der Waals surface area contributed by atoms with Crippen molar-refractivity contribution in [2.24, 2.45) is 0 Å². The van der Waals surface area contributed by atoms with E-state index in [9.17, 15) is 9.59 Å². The van der Waals surface area contributed by atoms with Crippen LogP contribution in [0.4, 0.5) is 0 Å². The predicted molar refractivity (Wildman–Crippen MR) is 70.3 cm³/mol. The van der Waals surface area contributed by atoms with Gasteiger partial charge in [-0.2, -0.15) is 0 Å². The second-order valence-corrected chi connectivity index (χ2v) is 4.65. The summed E-state index contributed by atoms with van der Waals surface area (Å²) in [5, 5.41) is 9.11. The summed E-state index contributed by atoms with van der Waals surface area (Å²) in [4.78, 5) is 23.6. The van der Waals surface area contributed by atoms with Crippen LogP contribution in [0.3, 0.4) is 0 Å². The van der Waals surface area contributed by atoms with Crippen LogP contribution in [0, 0.1) is 0 Å². The summed E-state index contributed by atoms with van der Waals surface area (Å²) >= 11 is 1.05. The molecule has 2 rings (SSSR count). The molecule has 0 aliphatic rings. The van der Waals surface area contributed by atoms with Crippen molar-refractivity contribution in [1.82, 2.24) is 4.57 Å². The molecular weight excluding hydrogens is 254 g/mol. The second kappa shape index (κ2) is 5.90. The summed E-state index contributed by atoms with van der Waals surface area (Å²) in [6.07, 6.45) is 0. The number of fused-ring (bicyclic) bond motifs is 1. The molecule has 0 saturated carbocycles. The highest BCUT2D eigenvalue weighted by atomic mass is 32.1. The topological polar surface area (TPSA) is 68.5 Å². The van der Waals surface area contributed by atoms with E-state index >= 15 is 0 Å². The molecule has 0 spiro atoms. The van der Waals surface area contributed by atoms with Crippen LogP contribution in [-0.2, 0) is 11.3 Å². The predicted octanol–water partition coefficient (Wildman–Crippen LogP) is 0.432. The van der Waals surface area contributed by atoms with E-state index in [2.05, 4.69) is 0 Å². The minimum absolute atomic E-state index is 0.0700. The highest BCUT2D eigenvalue weighted by Crippen LogP contribution is 2.10. The molecule has 0 saturated heterocycles. The average Bonchev–Trinajstić information content (AvgIpc) is 2.38. The van der Waals surface area contributed by atoms with Gasteiger partial charge in [0, 0.05) is 4.70 Å². The maximum atomic E-state index is 12.1. The molecule has 96 valence electrons. The molecule has 0 radical (unpaired) electrons. The van der Waals surface area contributed by atoms with Gasteiger partial charge in [0.1, 0.15) is 0 Å². The SMILES string of the molecule is O=c1sc2ccccc2c(=O)n1CCOCCO. The van der Waals surface area contributed by atoms with Crippen LogP contribution in [0.25, 0.3) is 10.1 Å². The van der Waals surface area contributed by atoms with Gasteiger partial charge in [0.05, 0.1) is 31.8 Å². The largest absolute Gasteiger partial charge is 0.394 e. The lowest BCUT2D eigenvalue weighted by molar-refractivity contribution is 0.0863. The zero-order chi connectivity index (χ0) is 13.0. The first-order valence-corrected chi connectivity index (χ1v) is 6.37. The first-order valence-electron chi connectivity index (χ1n) is 5.55. The fourth-order valence-corrected chi connectivity index (χ4v) is 2.51. The summed E-state index contributed by atoms with van der Waals surface area (Å²) in [6, 6.07) is 7.04. The van der Waals surface area contributed by atoms with E-state index in [1.54, 1.807) is 24.3 Å². The summed E-state index contributed by atoms with van der Waals surface area (Å²) < 4.78 is 6.93. The lowest BCUT2D eigenvalue weighted by atomic mass is 10.3. The van der Waals surface area contributed by atoms with Crippen molar-refractivity contribution in [2.75, 3.05) is 19.8 Å². The smallest absolute Gasteiger partial charge is 0.310 e. The highest BCUT2D eigenvalue weighted by Gasteiger charge is 2.07. The van der Waals surface area contributed by atoms with Gasteiger partial charge in [-0.1, -0.05) is 23.5 Å². The Morgan fingerprint density at radius 3 is 2.78 bits per heavy atom. The van der Waals surface area contributed by atoms with Gasteiger partial charge in [-0.15, -0.1) is 0 Å². The third-order valence-electron chi connectivity index (χ3n) is 2.48. The Balaban J connectivity index is 2.33. The molecule has 6 heteroatoms. The molecule has 0 bridgehead atoms. The van der Waals surface area contributed by atoms with Gasteiger partial charge in [0.15, 0.2) is 0 Å². The molecule has 18 heavy (non-hydrogen) atoms. The molecule has 1 aromatic heterocycles. The third kappa shape index (κ3) is 2.66. The lowest BCUT2D eigenvalue weighted by Crippen LogP contribution is -2.32. The summed E-state index contributed by atoms with van der Waals surface area (Å²) in [5.41, 5.74) is -0.290. The van der Waals surface area contributed by atoms with Gasteiger partial charge < -0.3 is 9.84 Å². The normalized spacial score (nSPS) is 10.9. The quantitative estimate of drug-likeness (QED) is 0.798. The average molecular weight is 267 g/mol. The number of ether oxygens (including phenoxy) is 1. The lowest BCUT2D eigenvalue weighted by Gasteiger charge is -2.05. The van der Waals surface area contributed by atoms with Gasteiger partial charge in [0.25, 0.3) is 5.56 Å². The monoisotopic (exact) mass is 267 g/mol. The van der Waals surface area contributed by atoms with Crippen molar-refractivity contribution in [2.45, 2.75) is 6.54 Å². The van der Waals surface area contributed by atoms with Crippen LogP contribution in [0.15, 0.2) is 33.9 Å². The van der Waals surface area contributed by atoms with Gasteiger partial charge in [-0.3, -0.25) is 14.2 Å². The van der Waals surface area contributed by atoms with Crippen molar-refractivity contribution in [3.05, 3.63) is 44.3 Å². The highest BCUT2D eigenvalue weighted by molar-refractivity contribution is 7.16. The van der Waals surface area contributed by atoms with Crippen LogP contribution in [0.1, 0.15) is 0 Å². The molecule has 0 amide bonds. The van der Waals surface area contributed by atoms with E-state index in [-0.39, 0.29) is 36.8 Å². The van der Waals surface area contributed by atoms with E-state index in [1.165, 1.54) is 4.57 Å². The van der Waals surface area contributed by atoms with Crippen molar-refractivity contribution >= 4 is 21.4 Å². The molecule has 1 heterocycles. The van der Waals surface area contributed by atoms with Gasteiger partial charge >= 0.3 is 4.87 Å². The third-order valence-corrected chi connectivity index (χ3v) is 3.45. The van der Waals surface area contributed by atoms with Crippen molar-refractivity contribution in [3.8, 4) is 0 Å². The van der Waals surface area contributed by atoms with Crippen molar-refractivity contribution in [3.63, 3.8) is 0 Å². The fourth-order valence-electron chi connectivity index (χ4n) is 1.63. The van der Waals surface area contributed by atoms with E-state index in [4.69, 9.17) is 9.84 Å². The summed E-state index contributed by atoms with van der Waals surface area (Å²) in [6.45, 7) is 0.583. The molecule has 0 aliphatic heterocycles. The van der Waals surface area contributed by atoms with E-state index < -0.39 is 0 Å². The maximum Gasteiger partial charge on any atom is 0.310 e. The molecule has 0 aliphatic carbocycles. The Bertz CT molecular complexity index is 646. The number of hydrogen-bond acceptors (Lipinski definition) is 5. The Morgan fingerprint density at radius 2 is 2.00 bits per heavy atom. The van der Waals surface area contributed by atoms with Crippen LogP contribution >= 0.6 is 11.3 Å². The summed E-state index contributed by atoms with van der Waals surface area (Å²) in [5.74, 6) is 0. The molecule has 2 aromatic rings. The number of nitrogens with zero attached hydrogens (tertiary/aromatic N) is 1. The second-order valence-electron chi connectivity index (χ2n) is 3.66. The fraction of sp³-hybridized carbons (Fsp3) is 0.333. The minimum atomic E-state index is -0.290. The first-order chi connectivity index (χ1) is 8.74. The zero-order valence-electron chi connectivity index (χ0n) is 9.67. The molecule has 0 fully saturated rings. The Kier molecular flexibility index (Phi) is 4.24. The van der Waals surface area contributed by atoms with Crippen LogP contribution in [0.2, 0.25) is 0 Å². The van der Waals surface area contributed by atoms with Crippen LogP contribution < -0.4 is 10.4 Å². The van der Waals surface area contributed by atoms with Crippen LogP contribution in [-0.4, -0.2) is 29.5 Å². The number of rotatable bonds is 5. The van der Waals surface area contributed by atoms with E-state index in [1.807, 2.05) is 0 Å². The summed E-state index contributed by atoms with van der Waals surface area (Å²) in [7, 11) is 0. The first kappa shape index (κ1) is 12.9. The standard InChI is InChI=1S/C12H13NO4S/c14-6-8-17-7-5-13-11(15)9-3-1-2-4-10(9)18-12(13)16/h1-4,14H,5-8H2. The molecule has 5 nitrogen and oxygen atoms in total. The Morgan fingerprint density at radius 1 is 1.22 bits per heavy atom. The number of aliphatic hydroxyl groups excluding tert-OH is 1. The number of hydrogen-bond donors (Lipinski definition) is 1. The minimum Gasteiger partial charge on any atom is -0.394 e. The number of aromatic nitrogens is 1. The molecule has 1 N–H and O–H groups in total. The number of aliphatic hydroxyl groups is 1. The molecule has 0 unspecified atom stereocenters. The Labute approximate surface area is 107 Å². The molecule has 1 aromatic carbocycles. The van der Waals surface area contributed by atoms with Gasteiger partial charge in [0.2, 0.25) is 0 Å². The van der Waals surface area contributed by atoms with Crippen molar-refractivity contribution in [1.29, 1.82) is 0 Å². The van der Waals surface area contributed by atoms with Gasteiger partial charge in [-0.05, 0) is 12.1 Å². The number of benzene rings is 1. The molecular formula is C12H13NO4S. The zero-order valence-corrected chi connectivity index (χ0v) is 10.5. The van der Waals surface area contributed by atoms with Gasteiger partial charge in [-0.25, -0.2) is 0 Å². The molecule has 0 atom stereocenters. The van der Waals surface area contributed by atoms with E-state index in [0.717, 1.165) is 11.3 Å². The Hall–Kier alpha value is -1.50. The maximum absolute atomic E-state index is 12.1. The van der Waals surface area contributed by atoms with Crippen molar-refractivity contribution < 1.29 is 9.84 Å². The van der Waals surface area contributed by atoms with E-state index in [0.29, 0.717) is 10.1 Å². The van der Waals surface area contributed by atoms with Crippen LogP contribution in [0.5, 0.6) is 0 Å².